The summed E-state index contributed by atoms with van der Waals surface area (Å²) in [6.07, 6.45) is 0.803. The molecule has 1 amide bonds. The molecule has 20 heavy (non-hydrogen) atoms. The van der Waals surface area contributed by atoms with Crippen molar-refractivity contribution in [3.05, 3.63) is 36.4 Å². The molecule has 0 aromatic heterocycles. The first-order valence-electron chi connectivity index (χ1n) is 6.53. The van der Waals surface area contributed by atoms with Gasteiger partial charge in [-0.25, -0.2) is 0 Å². The Morgan fingerprint density at radius 2 is 1.65 bits per heavy atom. The Bertz CT molecular complexity index is 354. The third-order valence-electron chi connectivity index (χ3n) is 2.72. The van der Waals surface area contributed by atoms with Crippen molar-refractivity contribution in [3.63, 3.8) is 0 Å². The van der Waals surface area contributed by atoms with Crippen molar-refractivity contribution in [2.45, 2.75) is 26.3 Å². The lowest BCUT2D eigenvalue weighted by molar-refractivity contribution is -0.148. The third-order valence-corrected chi connectivity index (χ3v) is 2.72. The number of aliphatic hydroxyl groups is 1. The van der Waals surface area contributed by atoms with Crippen LogP contribution in [0.15, 0.2) is 36.4 Å². The summed E-state index contributed by atoms with van der Waals surface area (Å²) in [6, 6.07) is 12.0. The summed E-state index contributed by atoms with van der Waals surface area (Å²) >= 11 is 0. The number of ether oxygens (including phenoxy) is 1. The number of benzene rings is 1. The van der Waals surface area contributed by atoms with Crippen molar-refractivity contribution < 1.29 is 19.4 Å². The zero-order valence-electron chi connectivity index (χ0n) is 12.2. The van der Waals surface area contributed by atoms with Gasteiger partial charge in [-0.05, 0) is 6.42 Å². The first-order chi connectivity index (χ1) is 9.65. The van der Waals surface area contributed by atoms with Gasteiger partial charge in [0.05, 0.1) is 12.0 Å². The number of carbonyl (C=O) groups is 2. The van der Waals surface area contributed by atoms with E-state index in [0.29, 0.717) is 6.61 Å². The van der Waals surface area contributed by atoms with Gasteiger partial charge in [0.1, 0.15) is 6.61 Å². The predicted molar refractivity (Wildman–Crippen MR) is 76.9 cm³/mol. The molecule has 1 heterocycles. The summed E-state index contributed by atoms with van der Waals surface area (Å²) in [6.45, 7) is 3.62. The second-order valence-electron chi connectivity index (χ2n) is 4.09. The molecule has 2 N–H and O–H groups in total. The number of hydrogen-bond acceptors (Lipinski definition) is 4. The van der Waals surface area contributed by atoms with Crippen LogP contribution in [0.3, 0.4) is 0 Å². The summed E-state index contributed by atoms with van der Waals surface area (Å²) in [5.74, 6) is -0.204. The maximum absolute atomic E-state index is 10.9. The molecule has 0 aliphatic carbocycles. The SMILES string of the molecule is CCC1C(=O)NC1COC(C)=O.CO.c1ccccc1. The summed E-state index contributed by atoms with van der Waals surface area (Å²) in [7, 11) is 1.00. The van der Waals surface area contributed by atoms with Gasteiger partial charge in [0, 0.05) is 14.0 Å². The van der Waals surface area contributed by atoms with Crippen LogP contribution in [0.25, 0.3) is 0 Å². The van der Waals surface area contributed by atoms with E-state index in [1.807, 2.05) is 43.3 Å². The van der Waals surface area contributed by atoms with Gasteiger partial charge in [-0.15, -0.1) is 0 Å². The number of nitrogens with one attached hydrogen (secondary N) is 1. The summed E-state index contributed by atoms with van der Waals surface area (Å²) < 4.78 is 4.77. The van der Waals surface area contributed by atoms with Crippen LogP contribution >= 0.6 is 0 Å². The fraction of sp³-hybridized carbons (Fsp3) is 0.467. The van der Waals surface area contributed by atoms with E-state index in [2.05, 4.69) is 5.32 Å². The van der Waals surface area contributed by atoms with Crippen LogP contribution in [-0.2, 0) is 14.3 Å². The Balaban J connectivity index is 0.000000377. The average Bonchev–Trinajstić information content (AvgIpc) is 2.48. The molecule has 1 aromatic rings. The fourth-order valence-electron chi connectivity index (χ4n) is 1.70. The Kier molecular flexibility index (Phi) is 9.96. The second-order valence-corrected chi connectivity index (χ2v) is 4.09. The van der Waals surface area contributed by atoms with E-state index >= 15 is 0 Å². The number of amides is 1. The third kappa shape index (κ3) is 6.89. The van der Waals surface area contributed by atoms with E-state index in [1.54, 1.807) is 0 Å². The fourth-order valence-corrected chi connectivity index (χ4v) is 1.70. The zero-order chi connectivity index (χ0) is 15.4. The van der Waals surface area contributed by atoms with Crippen molar-refractivity contribution in [2.24, 2.45) is 5.92 Å². The van der Waals surface area contributed by atoms with Crippen molar-refractivity contribution >= 4 is 11.9 Å². The van der Waals surface area contributed by atoms with Crippen molar-refractivity contribution in [1.29, 1.82) is 0 Å². The Hall–Kier alpha value is -1.88. The Labute approximate surface area is 120 Å². The minimum atomic E-state index is -0.300. The number of esters is 1. The smallest absolute Gasteiger partial charge is 0.302 e. The van der Waals surface area contributed by atoms with Gasteiger partial charge in [0.15, 0.2) is 0 Å². The zero-order valence-corrected chi connectivity index (χ0v) is 12.2. The van der Waals surface area contributed by atoms with E-state index in [1.165, 1.54) is 6.92 Å². The lowest BCUT2D eigenvalue weighted by Gasteiger charge is -2.35. The van der Waals surface area contributed by atoms with E-state index in [-0.39, 0.29) is 23.8 Å². The van der Waals surface area contributed by atoms with Crippen LogP contribution in [0.2, 0.25) is 0 Å². The van der Waals surface area contributed by atoms with Gasteiger partial charge < -0.3 is 15.2 Å². The van der Waals surface area contributed by atoms with Crippen LogP contribution in [0, 0.1) is 5.92 Å². The van der Waals surface area contributed by atoms with Gasteiger partial charge >= 0.3 is 5.97 Å². The molecule has 5 nitrogen and oxygen atoms in total. The van der Waals surface area contributed by atoms with E-state index < -0.39 is 0 Å². The molecular formula is C15H23NO4. The maximum Gasteiger partial charge on any atom is 0.302 e. The first kappa shape index (κ1) is 18.1. The van der Waals surface area contributed by atoms with Gasteiger partial charge in [0.2, 0.25) is 5.91 Å². The van der Waals surface area contributed by atoms with Crippen LogP contribution in [0.1, 0.15) is 20.3 Å². The molecule has 112 valence electrons. The van der Waals surface area contributed by atoms with E-state index in [4.69, 9.17) is 9.84 Å². The van der Waals surface area contributed by atoms with Crippen molar-refractivity contribution in [1.82, 2.24) is 5.32 Å². The standard InChI is InChI=1S/C8H13NO3.C6H6.CH4O/c1-3-6-7(9-8(6)11)4-12-5(2)10;1-2-4-6-5-3-1;1-2/h6-7H,3-4H2,1-2H3,(H,9,11);1-6H;2H,1H3. The number of β-lactam (4-membered cyclic amide) rings is 1. The van der Waals surface area contributed by atoms with Gasteiger partial charge in [0.25, 0.3) is 0 Å². The topological polar surface area (TPSA) is 75.6 Å². The summed E-state index contributed by atoms with van der Waals surface area (Å²) in [5, 5.41) is 9.68. The molecule has 0 saturated carbocycles. The van der Waals surface area contributed by atoms with Crippen LogP contribution < -0.4 is 5.32 Å². The molecule has 1 saturated heterocycles. The molecule has 1 fully saturated rings. The molecule has 5 heteroatoms. The Morgan fingerprint density at radius 1 is 1.20 bits per heavy atom. The minimum Gasteiger partial charge on any atom is -0.464 e. The largest absolute Gasteiger partial charge is 0.464 e. The van der Waals surface area contributed by atoms with Crippen LogP contribution in [-0.4, -0.2) is 36.7 Å². The van der Waals surface area contributed by atoms with E-state index in [9.17, 15) is 9.59 Å². The molecule has 1 aliphatic heterocycles. The first-order valence-corrected chi connectivity index (χ1v) is 6.53. The quantitative estimate of drug-likeness (QED) is 0.648. The van der Waals surface area contributed by atoms with Crippen molar-refractivity contribution in [3.8, 4) is 0 Å². The highest BCUT2D eigenvalue weighted by molar-refractivity contribution is 5.85. The van der Waals surface area contributed by atoms with Gasteiger partial charge in [-0.1, -0.05) is 43.3 Å². The summed E-state index contributed by atoms with van der Waals surface area (Å²) in [4.78, 5) is 21.3. The molecule has 1 aliphatic rings. The molecular weight excluding hydrogens is 258 g/mol. The number of rotatable bonds is 3. The van der Waals surface area contributed by atoms with Crippen LogP contribution in [0.5, 0.6) is 0 Å². The van der Waals surface area contributed by atoms with E-state index in [0.717, 1.165) is 13.5 Å². The molecule has 2 atom stereocenters. The lowest BCUT2D eigenvalue weighted by atomic mass is 9.89. The number of carbonyl (C=O) groups excluding carboxylic acids is 2. The van der Waals surface area contributed by atoms with Gasteiger partial charge in [-0.2, -0.15) is 0 Å². The highest BCUT2D eigenvalue weighted by atomic mass is 16.5. The highest BCUT2D eigenvalue weighted by Crippen LogP contribution is 2.18. The molecule has 2 rings (SSSR count). The average molecular weight is 281 g/mol. The molecule has 2 unspecified atom stereocenters. The predicted octanol–water partition coefficient (Wildman–Crippen LogP) is 1.37. The molecule has 0 bridgehead atoms. The number of hydrogen-bond donors (Lipinski definition) is 2. The normalized spacial score (nSPS) is 19.1. The number of aliphatic hydroxyl groups excluding tert-OH is 1. The van der Waals surface area contributed by atoms with Crippen molar-refractivity contribution in [2.75, 3.05) is 13.7 Å². The monoisotopic (exact) mass is 281 g/mol. The molecule has 0 spiro atoms. The van der Waals surface area contributed by atoms with Gasteiger partial charge in [-0.3, -0.25) is 9.59 Å². The van der Waals surface area contributed by atoms with Crippen LogP contribution in [0.4, 0.5) is 0 Å². The maximum atomic E-state index is 10.9. The molecule has 0 radical (unpaired) electrons. The highest BCUT2D eigenvalue weighted by Gasteiger charge is 2.38. The Morgan fingerprint density at radius 3 is 1.95 bits per heavy atom. The second kappa shape index (κ2) is 11.0. The molecule has 1 aromatic carbocycles. The lowest BCUT2D eigenvalue weighted by Crippen LogP contribution is -2.60. The minimum absolute atomic E-state index is 0.0318. The summed E-state index contributed by atoms with van der Waals surface area (Å²) in [5.41, 5.74) is 0.